The molecular formula is C21H23N3O4S. The number of benzene rings is 2. The topological polar surface area (TPSA) is 92.6 Å². The minimum Gasteiger partial charge on any atom is -0.341 e. The average Bonchev–Trinajstić information content (AvgIpc) is 2.74. The van der Waals surface area contributed by atoms with Gasteiger partial charge in [0.05, 0.1) is 16.1 Å². The van der Waals surface area contributed by atoms with Crippen molar-refractivity contribution in [2.24, 2.45) is 5.92 Å². The number of thioether (sulfide) groups is 1. The highest BCUT2D eigenvalue weighted by Crippen LogP contribution is 2.28. The number of nitro benzene ring substituents is 1. The van der Waals surface area contributed by atoms with E-state index < -0.39 is 4.92 Å². The van der Waals surface area contributed by atoms with Gasteiger partial charge in [-0.25, -0.2) is 0 Å². The van der Waals surface area contributed by atoms with Crippen LogP contribution in [0.3, 0.4) is 0 Å². The Kier molecular flexibility index (Phi) is 6.87. The number of anilines is 1. The van der Waals surface area contributed by atoms with Crippen molar-refractivity contribution in [3.8, 4) is 0 Å². The van der Waals surface area contributed by atoms with Gasteiger partial charge in [-0.15, -0.1) is 11.8 Å². The Labute approximate surface area is 173 Å². The van der Waals surface area contributed by atoms with Crippen molar-refractivity contribution >= 4 is 35.0 Å². The largest absolute Gasteiger partial charge is 0.341 e. The maximum Gasteiger partial charge on any atom is 0.269 e. The van der Waals surface area contributed by atoms with Crippen molar-refractivity contribution < 1.29 is 14.5 Å². The van der Waals surface area contributed by atoms with Crippen molar-refractivity contribution in [3.05, 3.63) is 64.7 Å². The summed E-state index contributed by atoms with van der Waals surface area (Å²) >= 11 is 1.36. The van der Waals surface area contributed by atoms with Crippen LogP contribution < -0.4 is 5.32 Å². The van der Waals surface area contributed by atoms with Crippen LogP contribution in [0.5, 0.6) is 0 Å². The quantitative estimate of drug-likeness (QED) is 0.440. The molecule has 29 heavy (non-hydrogen) atoms. The summed E-state index contributed by atoms with van der Waals surface area (Å²) in [4.78, 5) is 38.3. The Hall–Kier alpha value is -2.87. The minimum absolute atomic E-state index is 0.0226. The molecule has 1 heterocycles. The summed E-state index contributed by atoms with van der Waals surface area (Å²) in [6, 6.07) is 15.5. The summed E-state index contributed by atoms with van der Waals surface area (Å²) in [5.74, 6) is -0.320. The van der Waals surface area contributed by atoms with E-state index in [2.05, 4.69) is 5.32 Å². The van der Waals surface area contributed by atoms with Gasteiger partial charge < -0.3 is 10.2 Å². The van der Waals surface area contributed by atoms with Gasteiger partial charge in [0.2, 0.25) is 11.8 Å². The molecule has 2 unspecified atom stereocenters. The number of para-hydroxylation sites is 1. The molecule has 152 valence electrons. The molecule has 1 fully saturated rings. The van der Waals surface area contributed by atoms with E-state index >= 15 is 0 Å². The Balaban J connectivity index is 1.56. The summed E-state index contributed by atoms with van der Waals surface area (Å²) in [7, 11) is 0. The first-order chi connectivity index (χ1) is 13.9. The lowest BCUT2D eigenvalue weighted by Gasteiger charge is -2.33. The molecular weight excluding hydrogens is 390 g/mol. The van der Waals surface area contributed by atoms with Crippen molar-refractivity contribution in [1.82, 2.24) is 4.90 Å². The van der Waals surface area contributed by atoms with E-state index in [1.165, 1.54) is 23.9 Å². The van der Waals surface area contributed by atoms with E-state index in [0.29, 0.717) is 13.1 Å². The predicted octanol–water partition coefficient (Wildman–Crippen LogP) is 3.95. The summed E-state index contributed by atoms with van der Waals surface area (Å²) in [6.07, 6.45) is 1.54. The standard InChI is InChI=1S/C21H23N3O4S/c1-15(29-19-11-9-18(10-12-19)24(27)28)21(26)23-13-5-6-16(14-23)20(25)22-17-7-3-2-4-8-17/h2-4,7-12,15-16H,5-6,13-14H2,1H3,(H,22,25). The molecule has 0 saturated carbocycles. The second-order valence-corrected chi connectivity index (χ2v) is 8.40. The smallest absolute Gasteiger partial charge is 0.269 e. The lowest BCUT2D eigenvalue weighted by Crippen LogP contribution is -2.46. The fourth-order valence-corrected chi connectivity index (χ4v) is 4.27. The monoisotopic (exact) mass is 413 g/mol. The van der Waals surface area contributed by atoms with E-state index in [1.54, 1.807) is 17.0 Å². The number of carbonyl (C=O) groups is 2. The fourth-order valence-electron chi connectivity index (χ4n) is 3.32. The zero-order valence-corrected chi connectivity index (χ0v) is 16.9. The number of nitrogens with one attached hydrogen (secondary N) is 1. The van der Waals surface area contributed by atoms with Gasteiger partial charge >= 0.3 is 0 Å². The molecule has 2 atom stereocenters. The molecule has 0 spiro atoms. The molecule has 0 bridgehead atoms. The summed E-state index contributed by atoms with van der Waals surface area (Å²) in [5, 5.41) is 13.3. The first-order valence-corrected chi connectivity index (χ1v) is 10.4. The third kappa shape index (κ3) is 5.57. The van der Waals surface area contributed by atoms with Crippen LogP contribution in [-0.2, 0) is 9.59 Å². The number of piperidine rings is 1. The zero-order chi connectivity index (χ0) is 20.8. The number of rotatable bonds is 6. The van der Waals surface area contributed by atoms with Gasteiger partial charge in [0.25, 0.3) is 5.69 Å². The summed E-state index contributed by atoms with van der Waals surface area (Å²) < 4.78 is 0. The minimum atomic E-state index is -0.447. The number of amides is 2. The molecule has 2 amide bonds. The molecule has 8 heteroatoms. The van der Waals surface area contributed by atoms with Crippen LogP contribution in [0.25, 0.3) is 0 Å². The van der Waals surface area contributed by atoms with Crippen molar-refractivity contribution in [2.45, 2.75) is 29.9 Å². The van der Waals surface area contributed by atoms with Gasteiger partial charge in [-0.1, -0.05) is 18.2 Å². The second-order valence-electron chi connectivity index (χ2n) is 6.99. The normalized spacial score (nSPS) is 17.4. The van der Waals surface area contributed by atoms with Gasteiger partial charge in [-0.3, -0.25) is 19.7 Å². The highest BCUT2D eigenvalue weighted by Gasteiger charge is 2.30. The highest BCUT2D eigenvalue weighted by atomic mass is 32.2. The molecule has 0 aliphatic carbocycles. The molecule has 2 aromatic carbocycles. The van der Waals surface area contributed by atoms with Gasteiger partial charge in [0, 0.05) is 35.8 Å². The van der Waals surface area contributed by atoms with Crippen LogP contribution in [0.15, 0.2) is 59.5 Å². The SMILES string of the molecule is CC(Sc1ccc([N+](=O)[O-])cc1)C(=O)N1CCCC(C(=O)Nc2ccccc2)C1. The van der Waals surface area contributed by atoms with E-state index in [1.807, 2.05) is 37.3 Å². The van der Waals surface area contributed by atoms with Crippen molar-refractivity contribution in [3.63, 3.8) is 0 Å². The van der Waals surface area contributed by atoms with Crippen LogP contribution >= 0.6 is 11.8 Å². The molecule has 1 aliphatic heterocycles. The molecule has 1 aliphatic rings. The first-order valence-electron chi connectivity index (χ1n) is 9.50. The number of likely N-dealkylation sites (tertiary alicyclic amines) is 1. The fraction of sp³-hybridized carbons (Fsp3) is 0.333. The maximum absolute atomic E-state index is 12.9. The van der Waals surface area contributed by atoms with Gasteiger partial charge in [0.15, 0.2) is 0 Å². The van der Waals surface area contributed by atoms with Crippen LogP contribution in [0.2, 0.25) is 0 Å². The van der Waals surface area contributed by atoms with Gasteiger partial charge in [0.1, 0.15) is 0 Å². The third-order valence-electron chi connectivity index (χ3n) is 4.85. The van der Waals surface area contributed by atoms with Crippen molar-refractivity contribution in [2.75, 3.05) is 18.4 Å². The number of hydrogen-bond acceptors (Lipinski definition) is 5. The lowest BCUT2D eigenvalue weighted by molar-refractivity contribution is -0.384. The third-order valence-corrected chi connectivity index (χ3v) is 5.95. The Morgan fingerprint density at radius 2 is 1.86 bits per heavy atom. The number of non-ortho nitro benzene ring substituents is 1. The Bertz CT molecular complexity index is 873. The van der Waals surface area contributed by atoms with E-state index in [0.717, 1.165) is 23.4 Å². The average molecular weight is 413 g/mol. The summed E-state index contributed by atoms with van der Waals surface area (Å²) in [5.41, 5.74) is 0.777. The van der Waals surface area contributed by atoms with E-state index in [-0.39, 0.29) is 28.7 Å². The van der Waals surface area contributed by atoms with Crippen LogP contribution in [-0.4, -0.2) is 40.0 Å². The first kappa shape index (κ1) is 20.9. The maximum atomic E-state index is 12.9. The van der Waals surface area contributed by atoms with Crippen molar-refractivity contribution in [1.29, 1.82) is 0 Å². The summed E-state index contributed by atoms with van der Waals surface area (Å²) in [6.45, 7) is 2.86. The molecule has 0 radical (unpaired) electrons. The molecule has 2 aromatic rings. The van der Waals surface area contributed by atoms with Gasteiger partial charge in [-0.2, -0.15) is 0 Å². The zero-order valence-electron chi connectivity index (χ0n) is 16.1. The van der Waals surface area contributed by atoms with Crippen LogP contribution in [0, 0.1) is 16.0 Å². The number of nitro groups is 1. The van der Waals surface area contributed by atoms with E-state index in [4.69, 9.17) is 0 Å². The molecule has 1 saturated heterocycles. The van der Waals surface area contributed by atoms with E-state index in [9.17, 15) is 19.7 Å². The van der Waals surface area contributed by atoms with Crippen LogP contribution in [0.1, 0.15) is 19.8 Å². The number of nitrogens with zero attached hydrogens (tertiary/aromatic N) is 2. The van der Waals surface area contributed by atoms with Crippen LogP contribution in [0.4, 0.5) is 11.4 Å². The molecule has 3 rings (SSSR count). The van der Waals surface area contributed by atoms with Gasteiger partial charge in [-0.05, 0) is 44.0 Å². The predicted molar refractivity (Wildman–Crippen MR) is 113 cm³/mol. The number of hydrogen-bond donors (Lipinski definition) is 1. The highest BCUT2D eigenvalue weighted by molar-refractivity contribution is 8.00. The molecule has 0 aromatic heterocycles. The number of carbonyl (C=O) groups excluding carboxylic acids is 2. The lowest BCUT2D eigenvalue weighted by atomic mass is 9.96. The Morgan fingerprint density at radius 3 is 2.52 bits per heavy atom. The molecule has 7 nitrogen and oxygen atoms in total. The molecule has 1 N–H and O–H groups in total. The second kappa shape index (κ2) is 9.56. The Morgan fingerprint density at radius 1 is 1.17 bits per heavy atom.